The fourth-order valence-electron chi connectivity index (χ4n) is 2.52. The number of amides is 3. The van der Waals surface area contributed by atoms with Gasteiger partial charge in [0, 0.05) is 22.3 Å². The smallest absolute Gasteiger partial charge is 0.319 e. The Morgan fingerprint density at radius 2 is 1.92 bits per heavy atom. The average molecular weight is 388 g/mol. The van der Waals surface area contributed by atoms with Crippen LogP contribution in [0.15, 0.2) is 53.0 Å². The number of hydrogen-bond donors (Lipinski definition) is 3. The largest absolute Gasteiger partial charge is 0.331 e. The fraction of sp³-hybridized carbons (Fsp3) is 0.118. The molecule has 1 unspecified atom stereocenters. The minimum atomic E-state index is -0.667. The number of rotatable bonds is 2. The van der Waals surface area contributed by atoms with E-state index in [1.807, 2.05) is 6.07 Å². The van der Waals surface area contributed by atoms with Gasteiger partial charge in [-0.05, 0) is 29.8 Å². The fourth-order valence-corrected chi connectivity index (χ4v) is 2.91. The number of Topliss-reactive ketones (excluding diaryl/α,β-unsaturated/α-hetero) is 1. The summed E-state index contributed by atoms with van der Waals surface area (Å²) in [4.78, 5) is 35.9. The van der Waals surface area contributed by atoms with Gasteiger partial charge in [-0.3, -0.25) is 9.59 Å². The molecule has 3 N–H and O–H groups in total. The Kier molecular flexibility index (Phi) is 4.61. The second kappa shape index (κ2) is 6.84. The van der Waals surface area contributed by atoms with Gasteiger partial charge in [-0.15, -0.1) is 0 Å². The lowest BCUT2D eigenvalue weighted by atomic mass is 10.0. The van der Waals surface area contributed by atoms with Gasteiger partial charge in [0.05, 0.1) is 6.04 Å². The monoisotopic (exact) mass is 387 g/mol. The highest BCUT2D eigenvalue weighted by Crippen LogP contribution is 2.28. The summed E-state index contributed by atoms with van der Waals surface area (Å²) in [5.74, 6) is -1.24. The number of ketones is 1. The summed E-state index contributed by atoms with van der Waals surface area (Å²) in [7, 11) is 0. The maximum Gasteiger partial charge on any atom is 0.319 e. The van der Waals surface area contributed by atoms with Crippen molar-refractivity contribution in [3.05, 3.63) is 58.6 Å². The van der Waals surface area contributed by atoms with Gasteiger partial charge in [-0.1, -0.05) is 40.2 Å². The van der Waals surface area contributed by atoms with Crippen LogP contribution in [0.25, 0.3) is 0 Å². The Balaban J connectivity index is 1.79. The Hall–Kier alpha value is -2.67. The molecule has 1 heterocycles. The van der Waals surface area contributed by atoms with Gasteiger partial charge in [-0.2, -0.15) is 0 Å². The molecule has 0 saturated heterocycles. The SMILES string of the molecule is O=C(Nc1cccc(Br)c1)NC1CC(=O)C(=O)Nc2ccccc21. The van der Waals surface area contributed by atoms with Gasteiger partial charge in [0.1, 0.15) is 0 Å². The molecule has 0 saturated carbocycles. The molecule has 122 valence electrons. The zero-order valence-electron chi connectivity index (χ0n) is 12.5. The van der Waals surface area contributed by atoms with Crippen molar-refractivity contribution >= 4 is 45.0 Å². The van der Waals surface area contributed by atoms with Crippen molar-refractivity contribution in [1.29, 1.82) is 0 Å². The number of hydrogen-bond acceptors (Lipinski definition) is 3. The molecule has 2 aromatic carbocycles. The summed E-state index contributed by atoms with van der Waals surface area (Å²) in [5.41, 5.74) is 1.84. The molecule has 7 heteroatoms. The predicted octanol–water partition coefficient (Wildman–Crippen LogP) is 3.22. The first-order chi connectivity index (χ1) is 11.5. The number of carbonyl (C=O) groups excluding carboxylic acids is 3. The first-order valence-corrected chi connectivity index (χ1v) is 8.08. The molecule has 3 amide bonds. The van der Waals surface area contributed by atoms with Crippen molar-refractivity contribution in [3.63, 3.8) is 0 Å². The molecule has 0 aliphatic carbocycles. The van der Waals surface area contributed by atoms with Crippen molar-refractivity contribution in [2.75, 3.05) is 10.6 Å². The van der Waals surface area contributed by atoms with Crippen LogP contribution in [0.2, 0.25) is 0 Å². The first kappa shape index (κ1) is 16.2. The zero-order valence-corrected chi connectivity index (χ0v) is 14.1. The van der Waals surface area contributed by atoms with Crippen molar-refractivity contribution in [2.24, 2.45) is 0 Å². The molecule has 6 nitrogen and oxygen atoms in total. The van der Waals surface area contributed by atoms with Gasteiger partial charge in [0.15, 0.2) is 0 Å². The molecule has 0 bridgehead atoms. The van der Waals surface area contributed by atoms with E-state index in [1.54, 1.807) is 42.5 Å². The van der Waals surface area contributed by atoms with Crippen LogP contribution in [-0.4, -0.2) is 17.7 Å². The number of anilines is 2. The minimum Gasteiger partial charge on any atom is -0.331 e. The molecule has 2 aromatic rings. The standard InChI is InChI=1S/C17H14BrN3O3/c18-10-4-3-5-11(8-10)19-17(24)21-14-9-15(22)16(23)20-13-7-2-1-6-12(13)14/h1-8,14H,9H2,(H,20,23)(H2,19,21,24). The van der Waals surface area contributed by atoms with E-state index in [-0.39, 0.29) is 6.42 Å². The summed E-state index contributed by atoms with van der Waals surface area (Å²) < 4.78 is 0.838. The molecule has 0 radical (unpaired) electrons. The second-order valence-electron chi connectivity index (χ2n) is 5.33. The topological polar surface area (TPSA) is 87.3 Å². The maximum absolute atomic E-state index is 12.2. The van der Waals surface area contributed by atoms with E-state index in [9.17, 15) is 14.4 Å². The zero-order chi connectivity index (χ0) is 17.1. The maximum atomic E-state index is 12.2. The highest BCUT2D eigenvalue weighted by molar-refractivity contribution is 9.10. The molecule has 1 atom stereocenters. The molecule has 3 rings (SSSR count). The molecular formula is C17H14BrN3O3. The number of carbonyl (C=O) groups is 3. The van der Waals surface area contributed by atoms with Crippen LogP contribution in [0.3, 0.4) is 0 Å². The van der Waals surface area contributed by atoms with Gasteiger partial charge in [0.2, 0.25) is 5.78 Å². The van der Waals surface area contributed by atoms with Gasteiger partial charge >= 0.3 is 6.03 Å². The Morgan fingerprint density at radius 1 is 1.12 bits per heavy atom. The van der Waals surface area contributed by atoms with Gasteiger partial charge in [-0.25, -0.2) is 4.79 Å². The summed E-state index contributed by atoms with van der Waals surface area (Å²) in [6.07, 6.45) is -0.0885. The van der Waals surface area contributed by atoms with Crippen LogP contribution in [0.4, 0.5) is 16.2 Å². The average Bonchev–Trinajstić information content (AvgIpc) is 2.65. The van der Waals surface area contributed by atoms with Crippen LogP contribution < -0.4 is 16.0 Å². The first-order valence-electron chi connectivity index (χ1n) is 7.29. The number of para-hydroxylation sites is 1. The van der Waals surface area contributed by atoms with E-state index in [2.05, 4.69) is 31.9 Å². The van der Waals surface area contributed by atoms with Crippen molar-refractivity contribution in [3.8, 4) is 0 Å². The summed E-state index contributed by atoms with van der Waals surface area (Å²) >= 11 is 3.33. The highest BCUT2D eigenvalue weighted by Gasteiger charge is 2.28. The van der Waals surface area contributed by atoms with E-state index in [0.29, 0.717) is 16.9 Å². The molecule has 1 aliphatic rings. The lowest BCUT2D eigenvalue weighted by Gasteiger charge is -2.18. The third-order valence-corrected chi connectivity index (χ3v) is 4.11. The van der Waals surface area contributed by atoms with E-state index < -0.39 is 23.8 Å². The summed E-state index contributed by atoms with van der Waals surface area (Å²) in [6, 6.07) is 13.2. The Labute approximate surface area is 146 Å². The van der Waals surface area contributed by atoms with Crippen LogP contribution in [0.5, 0.6) is 0 Å². The Bertz CT molecular complexity index is 822. The number of benzene rings is 2. The van der Waals surface area contributed by atoms with Crippen LogP contribution in [0, 0.1) is 0 Å². The molecule has 1 aliphatic heterocycles. The number of urea groups is 1. The highest BCUT2D eigenvalue weighted by atomic mass is 79.9. The molecule has 0 aromatic heterocycles. The van der Waals surface area contributed by atoms with Crippen LogP contribution in [0.1, 0.15) is 18.0 Å². The minimum absolute atomic E-state index is 0.0885. The van der Waals surface area contributed by atoms with E-state index >= 15 is 0 Å². The van der Waals surface area contributed by atoms with Crippen molar-refractivity contribution in [1.82, 2.24) is 5.32 Å². The second-order valence-corrected chi connectivity index (χ2v) is 6.25. The number of halogens is 1. The van der Waals surface area contributed by atoms with Crippen molar-refractivity contribution in [2.45, 2.75) is 12.5 Å². The normalized spacial score (nSPS) is 16.6. The van der Waals surface area contributed by atoms with Gasteiger partial charge < -0.3 is 16.0 Å². The van der Waals surface area contributed by atoms with E-state index in [4.69, 9.17) is 0 Å². The number of fused-ring (bicyclic) bond motifs is 1. The third-order valence-electron chi connectivity index (χ3n) is 3.61. The van der Waals surface area contributed by atoms with E-state index in [1.165, 1.54) is 0 Å². The predicted molar refractivity (Wildman–Crippen MR) is 93.7 cm³/mol. The quantitative estimate of drug-likeness (QED) is 0.691. The molecular weight excluding hydrogens is 374 g/mol. The van der Waals surface area contributed by atoms with Crippen molar-refractivity contribution < 1.29 is 14.4 Å². The molecule has 0 spiro atoms. The lowest BCUT2D eigenvalue weighted by Crippen LogP contribution is -2.34. The van der Waals surface area contributed by atoms with E-state index in [0.717, 1.165) is 4.47 Å². The Morgan fingerprint density at radius 3 is 2.71 bits per heavy atom. The molecule has 24 heavy (non-hydrogen) atoms. The summed E-state index contributed by atoms with van der Waals surface area (Å²) in [5, 5.41) is 8.03. The van der Waals surface area contributed by atoms with Gasteiger partial charge in [0.25, 0.3) is 5.91 Å². The lowest BCUT2D eigenvalue weighted by molar-refractivity contribution is -0.134. The van der Waals surface area contributed by atoms with Crippen LogP contribution in [-0.2, 0) is 9.59 Å². The van der Waals surface area contributed by atoms with Crippen LogP contribution >= 0.6 is 15.9 Å². The number of nitrogens with one attached hydrogen (secondary N) is 3. The summed E-state index contributed by atoms with van der Waals surface area (Å²) in [6.45, 7) is 0. The molecule has 0 fully saturated rings. The third kappa shape index (κ3) is 3.62.